The summed E-state index contributed by atoms with van der Waals surface area (Å²) in [7, 11) is -7.43. The molecule has 0 spiro atoms. The van der Waals surface area contributed by atoms with E-state index in [9.17, 15) is 10.1 Å². The summed E-state index contributed by atoms with van der Waals surface area (Å²) in [5, 5.41) is 10.6. The van der Waals surface area contributed by atoms with Gasteiger partial charge in [-0.1, -0.05) is 58.9 Å². The monoisotopic (exact) mass is 351 g/mol. The molecule has 0 bridgehead atoms. The zero-order chi connectivity index (χ0) is 16.8. The summed E-state index contributed by atoms with van der Waals surface area (Å²) in [5.74, 6) is 0. The fourth-order valence-electron chi connectivity index (χ4n) is 6.34. The van der Waals surface area contributed by atoms with E-state index in [1.54, 1.807) is 0 Å². The van der Waals surface area contributed by atoms with Crippen molar-refractivity contribution in [3.8, 4) is 0 Å². The van der Waals surface area contributed by atoms with Crippen LogP contribution < -0.4 is 0 Å². The first-order valence-electron chi connectivity index (χ1n) is 7.25. The summed E-state index contributed by atoms with van der Waals surface area (Å²) >= 11 is 0. The van der Waals surface area contributed by atoms with Crippen LogP contribution >= 0.6 is 0 Å². The Morgan fingerprint density at radius 1 is 0.750 bits per heavy atom. The zero-order valence-corrected chi connectivity index (χ0v) is 19.2. The first-order chi connectivity index (χ1) is 8.42. The minimum atomic E-state index is -2.47. The Kier molecular flexibility index (Phi) is 5.38. The summed E-state index contributed by atoms with van der Waals surface area (Å²) in [6.45, 7) is 25.7. The fraction of sp³-hybridized carbons (Fsp3) is 1.00. The van der Waals surface area contributed by atoms with E-state index in [0.29, 0.717) is 0 Å². The van der Waals surface area contributed by atoms with Crippen molar-refractivity contribution in [1.82, 2.24) is 0 Å². The molecule has 4 nitrogen and oxygen atoms in total. The van der Waals surface area contributed by atoms with Crippen LogP contribution in [0.25, 0.3) is 0 Å². The van der Waals surface area contributed by atoms with Crippen LogP contribution in [0, 0.1) is 10.1 Å². The maximum Gasteiger partial charge on any atom is 0.284 e. The molecule has 0 aromatic rings. The van der Waals surface area contributed by atoms with Crippen LogP contribution in [-0.2, 0) is 4.53 Å². The predicted octanol–water partition coefficient (Wildman–Crippen LogP) is 4.77. The molecular formula is C12H33NO3Si4. The maximum absolute atomic E-state index is 11.1. The van der Waals surface area contributed by atoms with E-state index in [2.05, 4.69) is 72.0 Å². The highest BCUT2D eigenvalue weighted by Crippen LogP contribution is 2.59. The van der Waals surface area contributed by atoms with E-state index in [0.717, 1.165) is 0 Å². The van der Waals surface area contributed by atoms with Crippen molar-refractivity contribution in [1.29, 1.82) is 0 Å². The van der Waals surface area contributed by atoms with Gasteiger partial charge in [0.2, 0.25) is 8.32 Å². The molecule has 0 unspecified atom stereocenters. The Hall–Kier alpha value is 0.0675. The van der Waals surface area contributed by atoms with E-state index in [1.165, 1.54) is 0 Å². The van der Waals surface area contributed by atoms with Crippen LogP contribution in [0.2, 0.25) is 75.9 Å². The molecule has 120 valence electrons. The average Bonchev–Trinajstić information content (AvgIpc) is 1.87. The molecule has 0 aliphatic rings. The van der Waals surface area contributed by atoms with E-state index in [1.807, 2.05) is 0 Å². The van der Waals surface area contributed by atoms with Crippen LogP contribution in [0.15, 0.2) is 0 Å². The number of hydrogen-bond donors (Lipinski definition) is 0. The third kappa shape index (κ3) is 3.12. The SMILES string of the molecule is C[Si](C)(C)C([Si](C)(C)C)([Si](C)(C)C)[Si](C)(C)O[N+](=O)[O-]. The summed E-state index contributed by atoms with van der Waals surface area (Å²) in [6.07, 6.45) is 0. The van der Waals surface area contributed by atoms with Crippen molar-refractivity contribution in [2.24, 2.45) is 0 Å². The summed E-state index contributed by atoms with van der Waals surface area (Å²) < 4.78 is 5.58. The van der Waals surface area contributed by atoms with E-state index in [-0.39, 0.29) is 3.91 Å². The van der Waals surface area contributed by atoms with Gasteiger partial charge in [0, 0.05) is 24.2 Å². The van der Waals surface area contributed by atoms with Crippen LogP contribution in [0.5, 0.6) is 0 Å². The topological polar surface area (TPSA) is 52.4 Å². The Bertz CT molecular complexity index is 342. The fourth-order valence-corrected chi connectivity index (χ4v) is 55.9. The third-order valence-electron chi connectivity index (χ3n) is 4.58. The summed E-state index contributed by atoms with van der Waals surface area (Å²) in [4.78, 5) is 11.1. The van der Waals surface area contributed by atoms with Crippen LogP contribution in [-0.4, -0.2) is 37.6 Å². The van der Waals surface area contributed by atoms with Crippen molar-refractivity contribution >= 4 is 32.5 Å². The van der Waals surface area contributed by atoms with Gasteiger partial charge in [0.25, 0.3) is 5.09 Å². The molecule has 0 saturated heterocycles. The summed E-state index contributed by atoms with van der Waals surface area (Å²) in [6, 6.07) is 0. The molecule has 8 heteroatoms. The minimum Gasteiger partial charge on any atom is -0.367 e. The molecule has 0 heterocycles. The van der Waals surface area contributed by atoms with Gasteiger partial charge in [-0.15, -0.1) is 10.1 Å². The molecule has 0 saturated carbocycles. The highest BCUT2D eigenvalue weighted by molar-refractivity contribution is 7.28. The van der Waals surface area contributed by atoms with Gasteiger partial charge in [-0.25, -0.2) is 0 Å². The molecule has 0 rings (SSSR count). The van der Waals surface area contributed by atoms with Gasteiger partial charge >= 0.3 is 0 Å². The summed E-state index contributed by atoms with van der Waals surface area (Å²) in [5.41, 5.74) is 0. The first-order valence-corrected chi connectivity index (χ1v) is 20.7. The number of rotatable bonds is 6. The highest BCUT2D eigenvalue weighted by Gasteiger charge is 2.69. The van der Waals surface area contributed by atoms with Gasteiger partial charge in [-0.05, 0) is 17.0 Å². The average molecular weight is 352 g/mol. The molecule has 20 heavy (non-hydrogen) atoms. The molecule has 0 radical (unpaired) electrons. The first kappa shape index (κ1) is 20.1. The Morgan fingerprint density at radius 3 is 1.15 bits per heavy atom. The Morgan fingerprint density at radius 2 is 1.00 bits per heavy atom. The second-order valence-electron chi connectivity index (χ2n) is 9.33. The third-order valence-corrected chi connectivity index (χ3v) is 39.4. The lowest BCUT2D eigenvalue weighted by Gasteiger charge is -2.64. The second kappa shape index (κ2) is 5.36. The lowest BCUT2D eigenvalue weighted by atomic mass is 11.6. The van der Waals surface area contributed by atoms with Gasteiger partial charge < -0.3 is 4.53 Å². The van der Waals surface area contributed by atoms with Gasteiger partial charge in [0.05, 0.1) is 0 Å². The van der Waals surface area contributed by atoms with Crippen molar-refractivity contribution in [3.05, 3.63) is 10.1 Å². The Labute approximate surface area is 128 Å². The molecule has 0 aliphatic heterocycles. The highest BCUT2D eigenvalue weighted by atomic mass is 28.5. The van der Waals surface area contributed by atoms with E-state index < -0.39 is 37.6 Å². The lowest BCUT2D eigenvalue weighted by Crippen LogP contribution is -2.76. The molecule has 0 amide bonds. The van der Waals surface area contributed by atoms with Gasteiger partial charge in [0.1, 0.15) is 0 Å². The molecule has 0 aromatic carbocycles. The minimum absolute atomic E-state index is 0.132. The molecule has 0 N–H and O–H groups in total. The smallest absolute Gasteiger partial charge is 0.284 e. The molecule has 0 fully saturated rings. The van der Waals surface area contributed by atoms with E-state index >= 15 is 0 Å². The normalized spacial score (nSPS) is 15.2. The van der Waals surface area contributed by atoms with Crippen molar-refractivity contribution in [3.63, 3.8) is 0 Å². The van der Waals surface area contributed by atoms with Crippen LogP contribution in [0.1, 0.15) is 0 Å². The number of hydrogen-bond acceptors (Lipinski definition) is 3. The maximum atomic E-state index is 11.1. The van der Waals surface area contributed by atoms with E-state index in [4.69, 9.17) is 4.53 Å². The van der Waals surface area contributed by atoms with Crippen LogP contribution in [0.3, 0.4) is 0 Å². The molecular weight excluding hydrogens is 318 g/mol. The standard InChI is InChI=1S/C12H33NO3Si4/c1-17(2,3)12(18(4,5)6,19(7,8)9)20(10,11)16-13(14)15/h1-11H3. The molecule has 0 aromatic heterocycles. The lowest BCUT2D eigenvalue weighted by molar-refractivity contribution is -0.721. The van der Waals surface area contributed by atoms with Gasteiger partial charge in [-0.3, -0.25) is 0 Å². The predicted molar refractivity (Wildman–Crippen MR) is 98.3 cm³/mol. The van der Waals surface area contributed by atoms with Crippen molar-refractivity contribution < 1.29 is 9.61 Å². The largest absolute Gasteiger partial charge is 0.367 e. The quantitative estimate of drug-likeness (QED) is 0.393. The van der Waals surface area contributed by atoms with Crippen molar-refractivity contribution in [2.45, 2.75) is 75.9 Å². The Balaban J connectivity index is 6.55. The van der Waals surface area contributed by atoms with Crippen molar-refractivity contribution in [2.75, 3.05) is 0 Å². The van der Waals surface area contributed by atoms with Crippen LogP contribution in [0.4, 0.5) is 0 Å². The van der Waals surface area contributed by atoms with Gasteiger partial charge in [-0.2, -0.15) is 0 Å². The molecule has 0 aliphatic carbocycles. The number of nitrogens with zero attached hydrogens (tertiary/aromatic N) is 1. The second-order valence-corrected chi connectivity index (χ2v) is 32.0. The molecule has 0 atom stereocenters. The van der Waals surface area contributed by atoms with Gasteiger partial charge in [0.15, 0.2) is 0 Å². The zero-order valence-electron chi connectivity index (χ0n) is 15.2.